The van der Waals surface area contributed by atoms with E-state index in [9.17, 15) is 22.8 Å². The van der Waals surface area contributed by atoms with Crippen LogP contribution in [0.1, 0.15) is 25.8 Å². The molecule has 1 aliphatic heterocycles. The Kier molecular flexibility index (Phi) is 6.36. The molecule has 0 unspecified atom stereocenters. The molecule has 1 aromatic carbocycles. The molecule has 2 N–H and O–H groups in total. The van der Waals surface area contributed by atoms with E-state index in [4.69, 9.17) is 4.74 Å². The minimum atomic E-state index is -3.09. The number of sulfone groups is 1. The van der Waals surface area contributed by atoms with Gasteiger partial charge in [0.1, 0.15) is 0 Å². The lowest BCUT2D eigenvalue weighted by Gasteiger charge is -2.16. The van der Waals surface area contributed by atoms with Gasteiger partial charge in [-0.05, 0) is 31.0 Å². The van der Waals surface area contributed by atoms with Crippen LogP contribution < -0.4 is 10.6 Å². The topological polar surface area (TPSA) is 119 Å². The first-order chi connectivity index (χ1) is 12.1. The molecule has 9 heteroatoms. The van der Waals surface area contributed by atoms with E-state index < -0.39 is 33.9 Å². The van der Waals surface area contributed by atoms with E-state index in [1.165, 1.54) is 13.8 Å². The monoisotopic (exact) mass is 382 g/mol. The first-order valence-corrected chi connectivity index (χ1v) is 10.0. The number of benzene rings is 1. The van der Waals surface area contributed by atoms with Crippen molar-refractivity contribution in [1.82, 2.24) is 5.32 Å². The minimum absolute atomic E-state index is 0.0181. The lowest BCUT2D eigenvalue weighted by molar-refractivity contribution is -0.154. The summed E-state index contributed by atoms with van der Waals surface area (Å²) in [5, 5.41) is 5.22. The summed E-state index contributed by atoms with van der Waals surface area (Å²) >= 11 is 0. The van der Waals surface area contributed by atoms with Crippen LogP contribution in [-0.2, 0) is 35.4 Å². The van der Waals surface area contributed by atoms with Crippen molar-refractivity contribution in [3.8, 4) is 0 Å². The number of hydrogen-bond donors (Lipinski definition) is 2. The highest BCUT2D eigenvalue weighted by Gasteiger charge is 2.30. The Bertz CT molecular complexity index is 788. The molecular weight excluding hydrogens is 360 g/mol. The van der Waals surface area contributed by atoms with Crippen LogP contribution in [0.15, 0.2) is 24.3 Å². The Balaban J connectivity index is 1.81. The van der Waals surface area contributed by atoms with Crippen molar-refractivity contribution in [1.29, 1.82) is 0 Å². The molecule has 26 heavy (non-hydrogen) atoms. The van der Waals surface area contributed by atoms with E-state index in [1.54, 1.807) is 24.3 Å². The quantitative estimate of drug-likeness (QED) is 0.689. The largest absolute Gasteiger partial charge is 0.452 e. The van der Waals surface area contributed by atoms with Gasteiger partial charge in [0.25, 0.3) is 5.91 Å². The van der Waals surface area contributed by atoms with Gasteiger partial charge in [0.05, 0.1) is 17.9 Å². The number of carbonyl (C=O) groups excluding carboxylic acids is 3. The average Bonchev–Trinajstić information content (AvgIpc) is 2.87. The molecule has 1 heterocycles. The van der Waals surface area contributed by atoms with Crippen molar-refractivity contribution in [2.24, 2.45) is 0 Å². The van der Waals surface area contributed by atoms with E-state index in [0.717, 1.165) is 0 Å². The van der Waals surface area contributed by atoms with Crippen LogP contribution in [0.3, 0.4) is 0 Å². The molecule has 2 rings (SSSR count). The molecule has 142 valence electrons. The second-order valence-corrected chi connectivity index (χ2v) is 8.52. The summed E-state index contributed by atoms with van der Waals surface area (Å²) in [6.07, 6.45) is -0.657. The van der Waals surface area contributed by atoms with Crippen LogP contribution in [0.5, 0.6) is 0 Å². The zero-order chi connectivity index (χ0) is 19.3. The third-order valence-electron chi connectivity index (χ3n) is 3.88. The smallest absolute Gasteiger partial charge is 0.311 e. The second kappa shape index (κ2) is 8.31. The molecule has 0 radical (unpaired) electrons. The van der Waals surface area contributed by atoms with Gasteiger partial charge >= 0.3 is 5.97 Å². The van der Waals surface area contributed by atoms with E-state index in [0.29, 0.717) is 17.7 Å². The van der Waals surface area contributed by atoms with Crippen LogP contribution in [0.4, 0.5) is 5.69 Å². The highest BCUT2D eigenvalue weighted by molar-refractivity contribution is 7.91. The molecule has 0 saturated carbocycles. The summed E-state index contributed by atoms with van der Waals surface area (Å²) in [7, 11) is -3.09. The van der Waals surface area contributed by atoms with Gasteiger partial charge in [0, 0.05) is 18.7 Å². The number of anilines is 1. The number of esters is 1. The average molecular weight is 382 g/mol. The molecule has 1 aromatic rings. The molecule has 1 aliphatic rings. The molecule has 1 fully saturated rings. The van der Waals surface area contributed by atoms with Crippen molar-refractivity contribution in [3.63, 3.8) is 0 Å². The third-order valence-corrected chi connectivity index (χ3v) is 5.65. The molecule has 0 spiro atoms. The van der Waals surface area contributed by atoms with E-state index in [1.807, 2.05) is 0 Å². The first-order valence-electron chi connectivity index (χ1n) is 8.21. The highest BCUT2D eigenvalue weighted by Crippen LogP contribution is 2.13. The van der Waals surface area contributed by atoms with Gasteiger partial charge in [0.2, 0.25) is 5.91 Å². The Labute approximate surface area is 152 Å². The summed E-state index contributed by atoms with van der Waals surface area (Å²) in [6.45, 7) is 2.84. The van der Waals surface area contributed by atoms with Gasteiger partial charge < -0.3 is 15.4 Å². The van der Waals surface area contributed by atoms with Crippen LogP contribution in [0, 0.1) is 0 Å². The van der Waals surface area contributed by atoms with Crippen molar-refractivity contribution < 1.29 is 27.5 Å². The Morgan fingerprint density at radius 2 is 1.88 bits per heavy atom. The molecule has 0 bridgehead atoms. The van der Waals surface area contributed by atoms with Gasteiger partial charge in [-0.15, -0.1) is 0 Å². The van der Waals surface area contributed by atoms with Crippen molar-refractivity contribution >= 4 is 33.3 Å². The standard InChI is InChI=1S/C17H22N2O6S/c1-11(17(22)19-15-7-8-26(23,24)10-15)25-16(21)9-13-3-5-14(6-4-13)18-12(2)20/h3-6,11,15H,7-10H2,1-2H3,(H,18,20)(H,19,22)/t11-,15+/m1/s1. The van der Waals surface area contributed by atoms with E-state index >= 15 is 0 Å². The predicted octanol–water partition coefficient (Wildman–Crippen LogP) is 0.423. The zero-order valence-electron chi connectivity index (χ0n) is 14.7. The molecular formula is C17H22N2O6S. The lowest BCUT2D eigenvalue weighted by atomic mass is 10.1. The van der Waals surface area contributed by atoms with Crippen LogP contribution in [0.2, 0.25) is 0 Å². The molecule has 0 aromatic heterocycles. The molecule has 0 aliphatic carbocycles. The number of hydrogen-bond acceptors (Lipinski definition) is 6. The molecule has 2 atom stereocenters. The van der Waals surface area contributed by atoms with Gasteiger partial charge in [-0.1, -0.05) is 12.1 Å². The van der Waals surface area contributed by atoms with Gasteiger partial charge in [-0.25, -0.2) is 8.42 Å². The number of amides is 2. The van der Waals surface area contributed by atoms with Crippen molar-refractivity contribution in [2.45, 2.75) is 38.8 Å². The fourth-order valence-corrected chi connectivity index (χ4v) is 4.27. The highest BCUT2D eigenvalue weighted by atomic mass is 32.2. The minimum Gasteiger partial charge on any atom is -0.452 e. The van der Waals surface area contributed by atoms with Crippen LogP contribution >= 0.6 is 0 Å². The van der Waals surface area contributed by atoms with Crippen LogP contribution in [0.25, 0.3) is 0 Å². The fourth-order valence-electron chi connectivity index (χ4n) is 2.60. The summed E-state index contributed by atoms with van der Waals surface area (Å²) in [5.74, 6) is -1.30. The molecule has 1 saturated heterocycles. The van der Waals surface area contributed by atoms with Gasteiger partial charge in [0.15, 0.2) is 15.9 Å². The summed E-state index contributed by atoms with van der Waals surface area (Å²) in [6, 6.07) is 6.26. The predicted molar refractivity (Wildman–Crippen MR) is 95.2 cm³/mol. The first kappa shape index (κ1) is 19.9. The fraction of sp³-hybridized carbons (Fsp3) is 0.471. The van der Waals surface area contributed by atoms with E-state index in [2.05, 4.69) is 10.6 Å². The normalized spacial score (nSPS) is 19.4. The maximum atomic E-state index is 12.0. The maximum Gasteiger partial charge on any atom is 0.311 e. The third kappa shape index (κ3) is 6.14. The summed E-state index contributed by atoms with van der Waals surface area (Å²) < 4.78 is 27.9. The Morgan fingerprint density at radius 1 is 1.23 bits per heavy atom. The SMILES string of the molecule is CC(=O)Nc1ccc(CC(=O)O[C@H](C)C(=O)N[C@H]2CCS(=O)(=O)C2)cc1. The molecule has 2 amide bonds. The lowest BCUT2D eigenvalue weighted by Crippen LogP contribution is -2.42. The zero-order valence-corrected chi connectivity index (χ0v) is 15.5. The van der Waals surface area contributed by atoms with E-state index in [-0.39, 0.29) is 23.8 Å². The van der Waals surface area contributed by atoms with Gasteiger partial charge in [-0.2, -0.15) is 0 Å². The second-order valence-electron chi connectivity index (χ2n) is 6.30. The van der Waals surface area contributed by atoms with Gasteiger partial charge in [-0.3, -0.25) is 14.4 Å². The summed E-state index contributed by atoms with van der Waals surface area (Å²) in [5.41, 5.74) is 1.30. The number of rotatable bonds is 6. The maximum absolute atomic E-state index is 12.0. The Morgan fingerprint density at radius 3 is 2.42 bits per heavy atom. The number of ether oxygens (including phenoxy) is 1. The summed E-state index contributed by atoms with van der Waals surface area (Å²) in [4.78, 5) is 34.9. The molecule has 8 nitrogen and oxygen atoms in total. The van der Waals surface area contributed by atoms with Crippen LogP contribution in [-0.4, -0.2) is 49.9 Å². The van der Waals surface area contributed by atoms with Crippen molar-refractivity contribution in [2.75, 3.05) is 16.8 Å². The number of carbonyl (C=O) groups is 3. The number of nitrogens with one attached hydrogen (secondary N) is 2. The van der Waals surface area contributed by atoms with Crippen molar-refractivity contribution in [3.05, 3.63) is 29.8 Å². The Hall–Kier alpha value is -2.42.